The van der Waals surface area contributed by atoms with Crippen LogP contribution in [0.5, 0.6) is 0 Å². The van der Waals surface area contributed by atoms with Gasteiger partial charge in [-0.1, -0.05) is 20.8 Å². The monoisotopic (exact) mass is 398 g/mol. The molecule has 6 heteroatoms. The van der Waals surface area contributed by atoms with Crippen molar-refractivity contribution in [3.63, 3.8) is 0 Å². The molecule has 2 rings (SSSR count). The first-order valence-corrected chi connectivity index (χ1v) is 7.78. The molecule has 2 aromatic heterocycles. The van der Waals surface area contributed by atoms with E-state index in [-0.39, 0.29) is 5.41 Å². The summed E-state index contributed by atoms with van der Waals surface area (Å²) < 4.78 is 1.81. The van der Waals surface area contributed by atoms with Gasteiger partial charge >= 0.3 is 0 Å². The van der Waals surface area contributed by atoms with E-state index >= 15 is 0 Å². The van der Waals surface area contributed by atoms with Crippen molar-refractivity contribution in [2.24, 2.45) is 0 Å². The second-order valence-electron chi connectivity index (χ2n) is 5.45. The molecule has 0 fully saturated rings. The molecule has 0 radical (unpaired) electrons. The molecule has 0 aliphatic heterocycles. The number of nitrogens with zero attached hydrogens (tertiary/aromatic N) is 3. The first-order chi connectivity index (χ1) is 9.32. The van der Waals surface area contributed by atoms with E-state index in [1.165, 1.54) is 0 Å². The van der Waals surface area contributed by atoms with Crippen LogP contribution in [0.2, 0.25) is 0 Å². The standard InChI is InChI=1S/C14H16Br2N4/c1-14(2,3)11-10(16)13(17-4)20-12(19-11)8-5-9(15)7-18-6-8/h5-7H,1-4H3,(H,17,19,20). The quantitative estimate of drug-likeness (QED) is 0.812. The highest BCUT2D eigenvalue weighted by Crippen LogP contribution is 2.34. The fraction of sp³-hybridized carbons (Fsp3) is 0.357. The molecule has 0 bridgehead atoms. The molecule has 0 aromatic carbocycles. The van der Waals surface area contributed by atoms with Crippen LogP contribution in [0.3, 0.4) is 0 Å². The normalized spacial score (nSPS) is 11.5. The lowest BCUT2D eigenvalue weighted by molar-refractivity contribution is 0.564. The SMILES string of the molecule is CNc1nc(-c2cncc(Br)c2)nc(C(C)(C)C)c1Br. The van der Waals surface area contributed by atoms with Crippen LogP contribution in [0.25, 0.3) is 11.4 Å². The van der Waals surface area contributed by atoms with Gasteiger partial charge in [-0.25, -0.2) is 9.97 Å². The number of halogens is 2. The van der Waals surface area contributed by atoms with Gasteiger partial charge in [-0.3, -0.25) is 4.98 Å². The Morgan fingerprint density at radius 2 is 1.80 bits per heavy atom. The summed E-state index contributed by atoms with van der Waals surface area (Å²) in [6, 6.07) is 1.96. The summed E-state index contributed by atoms with van der Waals surface area (Å²) in [6.07, 6.45) is 3.51. The highest BCUT2D eigenvalue weighted by atomic mass is 79.9. The smallest absolute Gasteiger partial charge is 0.163 e. The number of pyridine rings is 1. The third kappa shape index (κ3) is 3.17. The summed E-state index contributed by atoms with van der Waals surface area (Å²) in [5.74, 6) is 1.44. The number of nitrogens with one attached hydrogen (secondary N) is 1. The molecule has 4 nitrogen and oxygen atoms in total. The van der Waals surface area contributed by atoms with E-state index in [1.54, 1.807) is 12.4 Å². The van der Waals surface area contributed by atoms with Gasteiger partial charge < -0.3 is 5.32 Å². The van der Waals surface area contributed by atoms with E-state index in [4.69, 9.17) is 4.98 Å². The molecular formula is C14H16Br2N4. The van der Waals surface area contributed by atoms with E-state index < -0.39 is 0 Å². The van der Waals surface area contributed by atoms with Crippen LogP contribution < -0.4 is 5.32 Å². The molecule has 20 heavy (non-hydrogen) atoms. The fourth-order valence-electron chi connectivity index (χ4n) is 1.77. The Labute approximate surface area is 135 Å². The van der Waals surface area contributed by atoms with Crippen molar-refractivity contribution >= 4 is 37.7 Å². The summed E-state index contributed by atoms with van der Waals surface area (Å²) in [5, 5.41) is 3.10. The van der Waals surface area contributed by atoms with E-state index in [1.807, 2.05) is 13.1 Å². The number of anilines is 1. The van der Waals surface area contributed by atoms with Crippen molar-refractivity contribution in [2.45, 2.75) is 26.2 Å². The molecule has 0 saturated heterocycles. The van der Waals surface area contributed by atoms with Crippen molar-refractivity contribution in [3.05, 3.63) is 33.1 Å². The van der Waals surface area contributed by atoms with Crippen LogP contribution in [-0.2, 0) is 5.41 Å². The molecule has 0 saturated carbocycles. The topological polar surface area (TPSA) is 50.7 Å². The Hall–Kier alpha value is -1.01. The molecule has 0 aliphatic rings. The van der Waals surface area contributed by atoms with Crippen molar-refractivity contribution < 1.29 is 0 Å². The summed E-state index contributed by atoms with van der Waals surface area (Å²) >= 11 is 7.01. The van der Waals surface area contributed by atoms with Crippen LogP contribution in [0.15, 0.2) is 27.4 Å². The van der Waals surface area contributed by atoms with Gasteiger partial charge in [0.05, 0.1) is 10.2 Å². The van der Waals surface area contributed by atoms with Crippen LogP contribution in [0.4, 0.5) is 5.82 Å². The van der Waals surface area contributed by atoms with Gasteiger partial charge in [-0.15, -0.1) is 0 Å². The second-order valence-corrected chi connectivity index (χ2v) is 7.16. The van der Waals surface area contributed by atoms with E-state index in [0.717, 1.165) is 26.0 Å². The molecule has 2 heterocycles. The highest BCUT2D eigenvalue weighted by Gasteiger charge is 2.23. The van der Waals surface area contributed by atoms with E-state index in [9.17, 15) is 0 Å². The Morgan fingerprint density at radius 3 is 2.35 bits per heavy atom. The minimum atomic E-state index is -0.0818. The van der Waals surface area contributed by atoms with Gasteiger partial charge in [0.1, 0.15) is 5.82 Å². The number of hydrogen-bond acceptors (Lipinski definition) is 4. The number of hydrogen-bond donors (Lipinski definition) is 1. The van der Waals surface area contributed by atoms with Crippen LogP contribution in [0.1, 0.15) is 26.5 Å². The average molecular weight is 400 g/mol. The minimum Gasteiger partial charge on any atom is -0.372 e. The fourth-order valence-corrected chi connectivity index (χ4v) is 3.11. The Balaban J connectivity index is 2.66. The Morgan fingerprint density at radius 1 is 1.10 bits per heavy atom. The lowest BCUT2D eigenvalue weighted by Crippen LogP contribution is -2.17. The van der Waals surface area contributed by atoms with E-state index in [0.29, 0.717) is 5.82 Å². The Kier molecular flexibility index (Phi) is 4.44. The molecular weight excluding hydrogens is 384 g/mol. The first-order valence-electron chi connectivity index (χ1n) is 6.19. The predicted octanol–water partition coefficient (Wildman–Crippen LogP) is 4.40. The molecule has 0 spiro atoms. The minimum absolute atomic E-state index is 0.0818. The summed E-state index contributed by atoms with van der Waals surface area (Å²) in [7, 11) is 1.85. The largest absolute Gasteiger partial charge is 0.372 e. The van der Waals surface area contributed by atoms with Gasteiger partial charge in [0, 0.05) is 34.9 Å². The van der Waals surface area contributed by atoms with Crippen molar-refractivity contribution in [2.75, 3.05) is 12.4 Å². The van der Waals surface area contributed by atoms with E-state index in [2.05, 4.69) is 67.9 Å². The van der Waals surface area contributed by atoms with Crippen LogP contribution in [-0.4, -0.2) is 22.0 Å². The van der Waals surface area contributed by atoms with Crippen molar-refractivity contribution in [1.82, 2.24) is 15.0 Å². The molecule has 0 atom stereocenters. The molecule has 1 N–H and O–H groups in total. The lowest BCUT2D eigenvalue weighted by Gasteiger charge is -2.21. The average Bonchev–Trinajstić information content (AvgIpc) is 2.37. The highest BCUT2D eigenvalue weighted by molar-refractivity contribution is 9.11. The Bertz CT molecular complexity index is 636. The third-order valence-electron chi connectivity index (χ3n) is 2.76. The predicted molar refractivity (Wildman–Crippen MR) is 88.9 cm³/mol. The zero-order chi connectivity index (χ0) is 14.9. The maximum atomic E-state index is 4.70. The molecule has 0 aliphatic carbocycles. The molecule has 0 unspecified atom stereocenters. The molecule has 106 valence electrons. The summed E-state index contributed by atoms with van der Waals surface area (Å²) in [4.78, 5) is 13.4. The third-order valence-corrected chi connectivity index (χ3v) is 3.95. The number of aromatic nitrogens is 3. The zero-order valence-electron chi connectivity index (χ0n) is 11.8. The van der Waals surface area contributed by atoms with Crippen molar-refractivity contribution in [1.29, 1.82) is 0 Å². The maximum absolute atomic E-state index is 4.70. The maximum Gasteiger partial charge on any atom is 0.163 e. The van der Waals surface area contributed by atoms with Gasteiger partial charge in [0.25, 0.3) is 0 Å². The van der Waals surface area contributed by atoms with Gasteiger partial charge in [0.2, 0.25) is 0 Å². The zero-order valence-corrected chi connectivity index (χ0v) is 15.0. The summed E-state index contributed by atoms with van der Waals surface area (Å²) in [6.45, 7) is 6.38. The molecule has 0 amide bonds. The number of rotatable bonds is 2. The lowest BCUT2D eigenvalue weighted by atomic mass is 9.91. The van der Waals surface area contributed by atoms with Gasteiger partial charge in [0.15, 0.2) is 5.82 Å². The first kappa shape index (κ1) is 15.4. The van der Waals surface area contributed by atoms with Gasteiger partial charge in [-0.05, 0) is 37.9 Å². The van der Waals surface area contributed by atoms with Crippen LogP contribution >= 0.6 is 31.9 Å². The summed E-state index contributed by atoms with van der Waals surface area (Å²) in [5.41, 5.74) is 1.77. The van der Waals surface area contributed by atoms with Crippen molar-refractivity contribution in [3.8, 4) is 11.4 Å². The second kappa shape index (κ2) is 5.77. The molecule has 2 aromatic rings. The van der Waals surface area contributed by atoms with Gasteiger partial charge in [-0.2, -0.15) is 0 Å². The van der Waals surface area contributed by atoms with Crippen LogP contribution in [0, 0.1) is 0 Å².